The highest BCUT2D eigenvalue weighted by Crippen LogP contribution is 2.68. The minimum Gasteiger partial charge on any atom is -0.428 e. The summed E-state index contributed by atoms with van der Waals surface area (Å²) >= 11 is 0. The third kappa shape index (κ3) is 4.60. The molecule has 0 amide bonds. The maximum Gasteiger partial charge on any atom is 0.343 e. The fourth-order valence-electron chi connectivity index (χ4n) is 9.56. The number of carbonyl (C=O) groups excluding carboxylic acids is 1. The molecular formula is C34H50O2. The van der Waals surface area contributed by atoms with E-state index in [9.17, 15) is 4.79 Å². The molecule has 4 aliphatic rings. The molecule has 0 radical (unpaired) electrons. The Morgan fingerprint density at radius 3 is 2.36 bits per heavy atom. The Labute approximate surface area is 220 Å². The predicted molar refractivity (Wildman–Crippen MR) is 149 cm³/mol. The summed E-state index contributed by atoms with van der Waals surface area (Å²) in [6.45, 7) is 14.6. The molecule has 5 rings (SSSR count). The normalized spacial score (nSPS) is 38.5. The Kier molecular flexibility index (Phi) is 7.20. The second kappa shape index (κ2) is 9.95. The van der Waals surface area contributed by atoms with Gasteiger partial charge in [-0.1, -0.05) is 65.2 Å². The monoisotopic (exact) mass is 490 g/mol. The van der Waals surface area contributed by atoms with Crippen LogP contribution in [0.3, 0.4) is 0 Å². The van der Waals surface area contributed by atoms with Gasteiger partial charge >= 0.3 is 5.97 Å². The van der Waals surface area contributed by atoms with Gasteiger partial charge in [0.25, 0.3) is 0 Å². The van der Waals surface area contributed by atoms with E-state index < -0.39 is 0 Å². The molecule has 0 saturated heterocycles. The van der Waals surface area contributed by atoms with Gasteiger partial charge in [-0.3, -0.25) is 0 Å². The van der Waals surface area contributed by atoms with Crippen LogP contribution >= 0.6 is 0 Å². The third-order valence-corrected chi connectivity index (χ3v) is 11.7. The van der Waals surface area contributed by atoms with Crippen LogP contribution in [0.25, 0.3) is 0 Å². The topological polar surface area (TPSA) is 26.3 Å². The molecule has 0 N–H and O–H groups in total. The molecule has 0 aliphatic heterocycles. The standard InChI is InChI=1S/C34H50O2/c1-22(2)7-10-24(4)29-15-16-30-28-14-13-26-21-27(36-32(35)25-11-8-23(3)9-12-25)17-19-33(26,5)31(28)18-20-34(29,30)6/h8-9,11-12,21-22,24,26,28-31H,7,10,13-20H2,1-6H3/t24-,26+,28+,29-,30+,31+,33+,34-/m1/s1. The van der Waals surface area contributed by atoms with Crippen molar-refractivity contribution in [1.29, 1.82) is 0 Å². The van der Waals surface area contributed by atoms with Gasteiger partial charge in [-0.2, -0.15) is 0 Å². The van der Waals surface area contributed by atoms with Gasteiger partial charge in [-0.25, -0.2) is 4.79 Å². The van der Waals surface area contributed by atoms with E-state index in [1.165, 1.54) is 57.8 Å². The quantitative estimate of drug-likeness (QED) is 0.371. The summed E-state index contributed by atoms with van der Waals surface area (Å²) in [5, 5.41) is 0. The van der Waals surface area contributed by atoms with E-state index in [0.717, 1.165) is 53.3 Å². The van der Waals surface area contributed by atoms with Crippen molar-refractivity contribution in [3.05, 3.63) is 47.2 Å². The Balaban J connectivity index is 1.27. The van der Waals surface area contributed by atoms with E-state index in [1.54, 1.807) is 0 Å². The average molecular weight is 491 g/mol. The first-order valence-electron chi connectivity index (χ1n) is 15.1. The van der Waals surface area contributed by atoms with E-state index in [-0.39, 0.29) is 5.97 Å². The average Bonchev–Trinajstić information content (AvgIpc) is 3.20. The summed E-state index contributed by atoms with van der Waals surface area (Å²) in [7, 11) is 0. The van der Waals surface area contributed by atoms with Crippen LogP contribution in [0.15, 0.2) is 36.1 Å². The molecule has 1 aromatic rings. The lowest BCUT2D eigenvalue weighted by molar-refractivity contribution is -0.0982. The second-order valence-electron chi connectivity index (χ2n) is 14.1. The molecule has 2 nitrogen and oxygen atoms in total. The highest BCUT2D eigenvalue weighted by atomic mass is 16.5. The minimum absolute atomic E-state index is 0.199. The largest absolute Gasteiger partial charge is 0.428 e. The first-order valence-corrected chi connectivity index (χ1v) is 15.1. The SMILES string of the molecule is Cc1ccc(C(=O)OC2=C[C@@H]3CC[C@@H]4[C@H](CC[C@]5(C)[C@@H]([C@H](C)CCC(C)C)CC[C@@H]45)[C@@]3(C)CC2)cc1. The number of allylic oxidation sites excluding steroid dienone is 2. The Bertz CT molecular complexity index is 973. The zero-order valence-corrected chi connectivity index (χ0v) is 23.8. The zero-order valence-electron chi connectivity index (χ0n) is 23.8. The van der Waals surface area contributed by atoms with Gasteiger partial charge in [-0.15, -0.1) is 0 Å². The molecule has 8 atom stereocenters. The van der Waals surface area contributed by atoms with Crippen LogP contribution < -0.4 is 0 Å². The molecule has 1 aromatic carbocycles. The minimum atomic E-state index is -0.199. The second-order valence-corrected chi connectivity index (χ2v) is 14.1. The molecule has 198 valence electrons. The van der Waals surface area contributed by atoms with Crippen molar-refractivity contribution >= 4 is 5.97 Å². The fourth-order valence-corrected chi connectivity index (χ4v) is 9.56. The van der Waals surface area contributed by atoms with Gasteiger partial charge in [0.15, 0.2) is 0 Å². The number of ether oxygens (including phenoxy) is 1. The lowest BCUT2D eigenvalue weighted by Gasteiger charge is -2.60. The molecule has 0 bridgehead atoms. The van der Waals surface area contributed by atoms with Crippen LogP contribution in [-0.2, 0) is 4.74 Å². The van der Waals surface area contributed by atoms with Crippen LogP contribution in [0.4, 0.5) is 0 Å². The van der Waals surface area contributed by atoms with Crippen LogP contribution in [0.1, 0.15) is 115 Å². The van der Waals surface area contributed by atoms with Gasteiger partial charge in [0, 0.05) is 6.42 Å². The van der Waals surface area contributed by atoms with E-state index in [4.69, 9.17) is 4.74 Å². The highest BCUT2D eigenvalue weighted by molar-refractivity contribution is 5.90. The van der Waals surface area contributed by atoms with Crippen LogP contribution in [0, 0.1) is 59.2 Å². The number of rotatable bonds is 6. The summed E-state index contributed by atoms with van der Waals surface area (Å²) in [6, 6.07) is 7.74. The number of hydrogen-bond donors (Lipinski definition) is 0. The molecule has 36 heavy (non-hydrogen) atoms. The van der Waals surface area contributed by atoms with Crippen molar-refractivity contribution in [3.8, 4) is 0 Å². The van der Waals surface area contributed by atoms with Crippen molar-refractivity contribution in [2.75, 3.05) is 0 Å². The van der Waals surface area contributed by atoms with E-state index in [0.29, 0.717) is 22.3 Å². The van der Waals surface area contributed by atoms with Crippen LogP contribution in [0.5, 0.6) is 0 Å². The first kappa shape index (κ1) is 26.1. The first-order chi connectivity index (χ1) is 17.1. The molecule has 0 heterocycles. The molecular weight excluding hydrogens is 440 g/mol. The highest BCUT2D eigenvalue weighted by Gasteiger charge is 2.60. The molecule has 0 aromatic heterocycles. The maximum atomic E-state index is 12.8. The number of benzene rings is 1. The Hall–Kier alpha value is -1.57. The number of esters is 1. The van der Waals surface area contributed by atoms with Crippen molar-refractivity contribution < 1.29 is 9.53 Å². The number of carbonyl (C=O) groups is 1. The number of hydrogen-bond acceptors (Lipinski definition) is 2. The van der Waals surface area contributed by atoms with E-state index >= 15 is 0 Å². The van der Waals surface area contributed by atoms with Crippen molar-refractivity contribution in [3.63, 3.8) is 0 Å². The van der Waals surface area contributed by atoms with E-state index in [2.05, 4.69) is 40.7 Å². The molecule has 4 aliphatic carbocycles. The summed E-state index contributed by atoms with van der Waals surface area (Å²) in [5.74, 6) is 6.55. The van der Waals surface area contributed by atoms with Crippen LogP contribution in [-0.4, -0.2) is 5.97 Å². The molecule has 3 fully saturated rings. The van der Waals surface area contributed by atoms with E-state index in [1.807, 2.05) is 31.2 Å². The van der Waals surface area contributed by atoms with Gasteiger partial charge in [-0.05, 0) is 122 Å². The van der Waals surface area contributed by atoms with Crippen molar-refractivity contribution in [2.45, 2.75) is 106 Å². The summed E-state index contributed by atoms with van der Waals surface area (Å²) in [6.07, 6.45) is 15.6. The van der Waals surface area contributed by atoms with Gasteiger partial charge in [0.1, 0.15) is 5.76 Å². The Morgan fingerprint density at radius 1 is 0.917 bits per heavy atom. The van der Waals surface area contributed by atoms with Crippen molar-refractivity contribution in [1.82, 2.24) is 0 Å². The predicted octanol–water partition coefficient (Wildman–Crippen LogP) is 9.38. The molecule has 0 unspecified atom stereocenters. The number of fused-ring (bicyclic) bond motifs is 5. The van der Waals surface area contributed by atoms with Gasteiger partial charge in [0.05, 0.1) is 5.56 Å². The number of aryl methyl sites for hydroxylation is 1. The third-order valence-electron chi connectivity index (χ3n) is 11.7. The van der Waals surface area contributed by atoms with Crippen LogP contribution in [0.2, 0.25) is 0 Å². The maximum absolute atomic E-state index is 12.8. The summed E-state index contributed by atoms with van der Waals surface area (Å²) in [5.41, 5.74) is 2.74. The molecule has 0 spiro atoms. The zero-order chi connectivity index (χ0) is 25.7. The summed E-state index contributed by atoms with van der Waals surface area (Å²) in [4.78, 5) is 12.8. The lowest BCUT2D eigenvalue weighted by Crippen LogP contribution is -2.52. The summed E-state index contributed by atoms with van der Waals surface area (Å²) < 4.78 is 5.93. The smallest absolute Gasteiger partial charge is 0.343 e. The lowest BCUT2D eigenvalue weighted by atomic mass is 9.45. The van der Waals surface area contributed by atoms with Gasteiger partial charge in [0.2, 0.25) is 0 Å². The van der Waals surface area contributed by atoms with Gasteiger partial charge < -0.3 is 4.74 Å². The molecule has 2 heteroatoms. The Morgan fingerprint density at radius 2 is 1.64 bits per heavy atom. The molecule has 3 saturated carbocycles. The van der Waals surface area contributed by atoms with Crippen molar-refractivity contribution in [2.24, 2.45) is 52.3 Å². The fraction of sp³-hybridized carbons (Fsp3) is 0.735.